The Balaban J connectivity index is 0.00000225. The van der Waals surface area contributed by atoms with Crippen LogP contribution in [0.2, 0.25) is 0 Å². The average molecular weight is 366 g/mol. The largest absolute Gasteiger partial charge is 0.508 e. The molecule has 0 saturated heterocycles. The minimum atomic E-state index is -0.115. The molecule has 1 aliphatic rings. The van der Waals surface area contributed by atoms with Crippen LogP contribution in [0.1, 0.15) is 35.4 Å². The molecule has 2 N–H and O–H groups in total. The summed E-state index contributed by atoms with van der Waals surface area (Å²) in [7, 11) is 1.65. The van der Waals surface area contributed by atoms with Gasteiger partial charge >= 0.3 is 0 Å². The summed E-state index contributed by atoms with van der Waals surface area (Å²) >= 11 is 0. The first kappa shape index (κ1) is 19.5. The Morgan fingerprint density at radius 2 is 1.96 bits per heavy atom. The number of rotatable bonds is 6. The summed E-state index contributed by atoms with van der Waals surface area (Å²) in [5.74, 6) is 1.18. The fourth-order valence-electron chi connectivity index (χ4n) is 3.55. The van der Waals surface area contributed by atoms with Crippen LogP contribution < -0.4 is 10.1 Å². The van der Waals surface area contributed by atoms with E-state index in [0.717, 1.165) is 55.6 Å². The SMILES string of the molecule is COc1ccc(F)c2c1CCC[C@@H]2CNCCc1ccc(O)cc1.Cl. The first-order valence-electron chi connectivity index (χ1n) is 8.53. The molecular weight excluding hydrogens is 341 g/mol. The van der Waals surface area contributed by atoms with E-state index in [-0.39, 0.29) is 29.9 Å². The number of aromatic hydroxyl groups is 1. The second-order valence-electron chi connectivity index (χ2n) is 6.35. The average Bonchev–Trinajstić information content (AvgIpc) is 2.60. The van der Waals surface area contributed by atoms with Crippen LogP contribution in [0.5, 0.6) is 11.5 Å². The Kier molecular flexibility index (Phi) is 7.09. The molecule has 2 aromatic rings. The van der Waals surface area contributed by atoms with E-state index in [2.05, 4.69) is 5.32 Å². The van der Waals surface area contributed by atoms with Crippen LogP contribution in [0.4, 0.5) is 4.39 Å². The highest BCUT2D eigenvalue weighted by atomic mass is 35.5. The molecule has 0 amide bonds. The molecule has 0 bridgehead atoms. The summed E-state index contributed by atoms with van der Waals surface area (Å²) in [6, 6.07) is 10.5. The van der Waals surface area contributed by atoms with E-state index < -0.39 is 0 Å². The van der Waals surface area contributed by atoms with Crippen molar-refractivity contribution in [2.45, 2.75) is 31.6 Å². The Labute approximate surface area is 154 Å². The first-order chi connectivity index (χ1) is 11.7. The van der Waals surface area contributed by atoms with Crippen molar-refractivity contribution in [3.8, 4) is 11.5 Å². The number of phenols is 1. The van der Waals surface area contributed by atoms with E-state index in [1.807, 2.05) is 12.1 Å². The maximum atomic E-state index is 14.3. The molecule has 5 heteroatoms. The Morgan fingerprint density at radius 1 is 1.20 bits per heavy atom. The van der Waals surface area contributed by atoms with E-state index in [9.17, 15) is 9.50 Å². The third-order valence-electron chi connectivity index (χ3n) is 4.79. The zero-order valence-electron chi connectivity index (χ0n) is 14.4. The smallest absolute Gasteiger partial charge is 0.127 e. The standard InChI is InChI=1S/C20H24FNO2.ClH/c1-24-19-10-9-18(21)20-15(3-2-4-17(19)20)13-22-12-11-14-5-7-16(23)8-6-14;/h5-10,15,22-23H,2-4,11-13H2,1H3;1H/t15-;/m1./s1. The van der Waals surface area contributed by atoms with Gasteiger partial charge in [-0.2, -0.15) is 0 Å². The maximum absolute atomic E-state index is 14.3. The predicted molar refractivity (Wildman–Crippen MR) is 101 cm³/mol. The Morgan fingerprint density at radius 3 is 2.68 bits per heavy atom. The van der Waals surface area contributed by atoms with Gasteiger partial charge in [0.2, 0.25) is 0 Å². The van der Waals surface area contributed by atoms with Gasteiger partial charge in [-0.25, -0.2) is 4.39 Å². The van der Waals surface area contributed by atoms with Gasteiger partial charge in [-0.3, -0.25) is 0 Å². The van der Waals surface area contributed by atoms with Crippen LogP contribution in [0.25, 0.3) is 0 Å². The van der Waals surface area contributed by atoms with Crippen LogP contribution in [0.3, 0.4) is 0 Å². The quantitative estimate of drug-likeness (QED) is 0.753. The number of nitrogens with one attached hydrogen (secondary N) is 1. The lowest BCUT2D eigenvalue weighted by molar-refractivity contribution is 0.396. The number of ether oxygens (including phenoxy) is 1. The number of halogens is 2. The van der Waals surface area contributed by atoms with Gasteiger partial charge in [0.05, 0.1) is 7.11 Å². The molecule has 1 atom stereocenters. The zero-order chi connectivity index (χ0) is 16.9. The minimum absolute atomic E-state index is 0. The van der Waals surface area contributed by atoms with Crippen molar-refractivity contribution in [3.05, 3.63) is 58.9 Å². The predicted octanol–water partition coefficient (Wildman–Crippen LogP) is 4.21. The number of methoxy groups -OCH3 is 1. The third-order valence-corrected chi connectivity index (χ3v) is 4.79. The van der Waals surface area contributed by atoms with Crippen LogP contribution in [-0.4, -0.2) is 25.3 Å². The van der Waals surface area contributed by atoms with E-state index >= 15 is 0 Å². The topological polar surface area (TPSA) is 41.5 Å². The number of phenolic OH excluding ortho intramolecular Hbond substituents is 1. The van der Waals surface area contributed by atoms with Gasteiger partial charge in [0.25, 0.3) is 0 Å². The van der Waals surface area contributed by atoms with Crippen molar-refractivity contribution < 1.29 is 14.2 Å². The van der Waals surface area contributed by atoms with Gasteiger partial charge < -0.3 is 15.2 Å². The van der Waals surface area contributed by atoms with Gasteiger partial charge in [0, 0.05) is 12.1 Å². The van der Waals surface area contributed by atoms with Crippen LogP contribution in [-0.2, 0) is 12.8 Å². The van der Waals surface area contributed by atoms with E-state index in [1.54, 1.807) is 25.3 Å². The fourth-order valence-corrected chi connectivity index (χ4v) is 3.55. The minimum Gasteiger partial charge on any atom is -0.508 e. The molecular formula is C20H25ClFNO2. The number of hydrogen-bond donors (Lipinski definition) is 2. The normalized spacial score (nSPS) is 16.0. The van der Waals surface area contributed by atoms with Crippen molar-refractivity contribution in [1.82, 2.24) is 5.32 Å². The summed E-state index contributed by atoms with van der Waals surface area (Å²) in [6.07, 6.45) is 3.85. The summed E-state index contributed by atoms with van der Waals surface area (Å²) in [5.41, 5.74) is 3.05. The highest BCUT2D eigenvalue weighted by Gasteiger charge is 2.26. The molecule has 0 saturated carbocycles. The van der Waals surface area contributed by atoms with Gasteiger partial charge in [-0.15, -0.1) is 12.4 Å². The summed E-state index contributed by atoms with van der Waals surface area (Å²) < 4.78 is 19.7. The molecule has 1 aliphatic carbocycles. The first-order valence-corrected chi connectivity index (χ1v) is 8.53. The molecule has 0 aliphatic heterocycles. The van der Waals surface area contributed by atoms with E-state index in [1.165, 1.54) is 11.6 Å². The molecule has 3 nitrogen and oxygen atoms in total. The molecule has 3 rings (SSSR count). The monoisotopic (exact) mass is 365 g/mol. The second-order valence-corrected chi connectivity index (χ2v) is 6.35. The molecule has 136 valence electrons. The molecule has 0 heterocycles. The zero-order valence-corrected chi connectivity index (χ0v) is 15.2. The lowest BCUT2D eigenvalue weighted by Crippen LogP contribution is -2.27. The number of hydrogen-bond acceptors (Lipinski definition) is 3. The van der Waals surface area contributed by atoms with Gasteiger partial charge in [-0.05, 0) is 73.5 Å². The molecule has 0 aromatic heterocycles. The lowest BCUT2D eigenvalue weighted by Gasteiger charge is -2.27. The Hall–Kier alpha value is -1.78. The third kappa shape index (κ3) is 4.65. The maximum Gasteiger partial charge on any atom is 0.127 e. The molecule has 0 fully saturated rings. The highest BCUT2D eigenvalue weighted by Crippen LogP contribution is 2.38. The van der Waals surface area contributed by atoms with E-state index in [0.29, 0.717) is 0 Å². The van der Waals surface area contributed by atoms with Crippen LogP contribution >= 0.6 is 12.4 Å². The van der Waals surface area contributed by atoms with Gasteiger partial charge in [0.15, 0.2) is 0 Å². The summed E-state index contributed by atoms with van der Waals surface area (Å²) in [4.78, 5) is 0. The van der Waals surface area contributed by atoms with Crippen molar-refractivity contribution in [3.63, 3.8) is 0 Å². The molecule has 0 radical (unpaired) electrons. The van der Waals surface area contributed by atoms with Crippen molar-refractivity contribution in [2.24, 2.45) is 0 Å². The van der Waals surface area contributed by atoms with Gasteiger partial charge in [0.1, 0.15) is 17.3 Å². The summed E-state index contributed by atoms with van der Waals surface area (Å²) in [5, 5.41) is 12.8. The molecule has 25 heavy (non-hydrogen) atoms. The Bertz CT molecular complexity index is 691. The van der Waals surface area contributed by atoms with Crippen LogP contribution in [0, 0.1) is 5.82 Å². The fraction of sp³-hybridized carbons (Fsp3) is 0.400. The summed E-state index contributed by atoms with van der Waals surface area (Å²) in [6.45, 7) is 1.61. The lowest BCUT2D eigenvalue weighted by atomic mass is 9.82. The number of benzene rings is 2. The molecule has 0 spiro atoms. The van der Waals surface area contributed by atoms with Crippen molar-refractivity contribution in [2.75, 3.05) is 20.2 Å². The van der Waals surface area contributed by atoms with Crippen molar-refractivity contribution in [1.29, 1.82) is 0 Å². The van der Waals surface area contributed by atoms with Crippen molar-refractivity contribution >= 4 is 12.4 Å². The van der Waals surface area contributed by atoms with E-state index in [4.69, 9.17) is 4.74 Å². The molecule has 0 unspecified atom stereocenters. The highest BCUT2D eigenvalue weighted by molar-refractivity contribution is 5.85. The second kappa shape index (κ2) is 9.07. The van der Waals surface area contributed by atoms with Gasteiger partial charge in [-0.1, -0.05) is 12.1 Å². The number of fused-ring (bicyclic) bond motifs is 1. The molecule has 2 aromatic carbocycles. The van der Waals surface area contributed by atoms with Crippen LogP contribution in [0.15, 0.2) is 36.4 Å².